The van der Waals surface area contributed by atoms with Gasteiger partial charge in [-0.2, -0.15) is 23.5 Å². The van der Waals surface area contributed by atoms with E-state index in [0.29, 0.717) is 11.3 Å². The molecule has 2 aliphatic rings. The van der Waals surface area contributed by atoms with Crippen LogP contribution in [-0.2, 0) is 4.74 Å². The Morgan fingerprint density at radius 2 is 2.07 bits per heavy atom. The van der Waals surface area contributed by atoms with Gasteiger partial charge in [-0.25, -0.2) is 0 Å². The Labute approximate surface area is 101 Å². The van der Waals surface area contributed by atoms with Crippen molar-refractivity contribution in [2.24, 2.45) is 11.7 Å². The number of thioether (sulfide) groups is 2. The highest BCUT2D eigenvalue weighted by atomic mass is 32.2. The van der Waals surface area contributed by atoms with Crippen LogP contribution in [0.15, 0.2) is 0 Å². The quantitative estimate of drug-likeness (QED) is 0.827. The molecule has 0 spiro atoms. The molecule has 2 saturated heterocycles. The van der Waals surface area contributed by atoms with Crippen LogP contribution >= 0.6 is 23.5 Å². The van der Waals surface area contributed by atoms with Crippen molar-refractivity contribution < 1.29 is 4.74 Å². The summed E-state index contributed by atoms with van der Waals surface area (Å²) in [5, 5.41) is 0.701. The van der Waals surface area contributed by atoms with E-state index in [1.54, 1.807) is 0 Å². The standard InChI is InChI=1S/C11H21NOS2/c12-10(11-8-14-5-6-15-11)7-9-1-3-13-4-2-9/h9-11H,1-8,12H2. The lowest BCUT2D eigenvalue weighted by Gasteiger charge is -2.31. The van der Waals surface area contributed by atoms with Crippen LogP contribution in [0.5, 0.6) is 0 Å². The van der Waals surface area contributed by atoms with Crippen LogP contribution in [0, 0.1) is 5.92 Å². The summed E-state index contributed by atoms with van der Waals surface area (Å²) in [7, 11) is 0. The molecule has 2 N–H and O–H groups in total. The second-order valence-electron chi connectivity index (χ2n) is 4.44. The molecule has 0 aromatic heterocycles. The van der Waals surface area contributed by atoms with E-state index in [2.05, 4.69) is 23.5 Å². The van der Waals surface area contributed by atoms with Crippen molar-refractivity contribution in [2.75, 3.05) is 30.5 Å². The Kier molecular flexibility index (Phi) is 5.14. The molecule has 0 radical (unpaired) electrons. The van der Waals surface area contributed by atoms with Crippen LogP contribution in [0.2, 0.25) is 0 Å². The zero-order valence-corrected chi connectivity index (χ0v) is 10.8. The van der Waals surface area contributed by atoms with Gasteiger partial charge in [-0.1, -0.05) is 0 Å². The van der Waals surface area contributed by atoms with Gasteiger partial charge in [-0.3, -0.25) is 0 Å². The van der Waals surface area contributed by atoms with Crippen LogP contribution in [0.1, 0.15) is 19.3 Å². The lowest BCUT2D eigenvalue weighted by atomic mass is 9.92. The first kappa shape index (κ1) is 12.1. The normalized spacial score (nSPS) is 31.4. The fourth-order valence-electron chi connectivity index (χ4n) is 2.27. The van der Waals surface area contributed by atoms with Gasteiger partial charge in [0.05, 0.1) is 0 Å². The summed E-state index contributed by atoms with van der Waals surface area (Å²) in [6, 6.07) is 0.408. The number of hydrogen-bond acceptors (Lipinski definition) is 4. The highest BCUT2D eigenvalue weighted by Gasteiger charge is 2.25. The molecule has 2 atom stereocenters. The summed E-state index contributed by atoms with van der Waals surface area (Å²) in [5.74, 6) is 4.68. The summed E-state index contributed by atoms with van der Waals surface area (Å²) in [4.78, 5) is 0. The molecule has 0 saturated carbocycles. The van der Waals surface area contributed by atoms with Crippen molar-refractivity contribution in [1.82, 2.24) is 0 Å². The Hall–Kier alpha value is 0.620. The van der Waals surface area contributed by atoms with Crippen LogP contribution in [0.3, 0.4) is 0 Å². The average molecular weight is 247 g/mol. The molecular formula is C11H21NOS2. The summed E-state index contributed by atoms with van der Waals surface area (Å²) < 4.78 is 5.38. The maximum absolute atomic E-state index is 6.30. The van der Waals surface area contributed by atoms with Crippen molar-refractivity contribution in [3.8, 4) is 0 Å². The second-order valence-corrected chi connectivity index (χ2v) is 6.94. The van der Waals surface area contributed by atoms with Gasteiger partial charge < -0.3 is 10.5 Å². The zero-order chi connectivity index (χ0) is 10.5. The molecule has 2 aliphatic heterocycles. The fraction of sp³-hybridized carbons (Fsp3) is 1.00. The largest absolute Gasteiger partial charge is 0.381 e. The number of ether oxygens (including phenoxy) is 1. The third kappa shape index (κ3) is 3.84. The average Bonchev–Trinajstić information content (AvgIpc) is 2.31. The molecule has 2 rings (SSSR count). The summed E-state index contributed by atoms with van der Waals surface area (Å²) >= 11 is 4.15. The number of rotatable bonds is 3. The molecule has 15 heavy (non-hydrogen) atoms. The van der Waals surface area contributed by atoms with Crippen molar-refractivity contribution in [1.29, 1.82) is 0 Å². The summed E-state index contributed by atoms with van der Waals surface area (Å²) in [6.07, 6.45) is 3.65. The predicted octanol–water partition coefficient (Wildman–Crippen LogP) is 1.98. The highest BCUT2D eigenvalue weighted by molar-refractivity contribution is 8.06. The number of hydrogen-bond donors (Lipinski definition) is 1. The Morgan fingerprint density at radius 1 is 1.27 bits per heavy atom. The molecule has 2 heterocycles. The van der Waals surface area contributed by atoms with Crippen molar-refractivity contribution in [2.45, 2.75) is 30.6 Å². The van der Waals surface area contributed by atoms with Crippen LogP contribution in [0.25, 0.3) is 0 Å². The Bertz CT molecular complexity index is 179. The van der Waals surface area contributed by atoms with Crippen LogP contribution < -0.4 is 5.73 Å². The van der Waals surface area contributed by atoms with Gasteiger partial charge in [-0.05, 0) is 25.2 Å². The van der Waals surface area contributed by atoms with E-state index >= 15 is 0 Å². The van der Waals surface area contributed by atoms with Crippen molar-refractivity contribution >= 4 is 23.5 Å². The number of nitrogens with two attached hydrogens (primary N) is 1. The van der Waals surface area contributed by atoms with E-state index in [1.807, 2.05) is 0 Å². The smallest absolute Gasteiger partial charge is 0.0468 e. The van der Waals surface area contributed by atoms with E-state index in [-0.39, 0.29) is 0 Å². The van der Waals surface area contributed by atoms with Gasteiger partial charge in [0.25, 0.3) is 0 Å². The monoisotopic (exact) mass is 247 g/mol. The molecule has 0 aromatic rings. The van der Waals surface area contributed by atoms with E-state index in [0.717, 1.165) is 19.1 Å². The highest BCUT2D eigenvalue weighted by Crippen LogP contribution is 2.29. The molecule has 88 valence electrons. The Balaban J connectivity index is 1.72. The fourth-order valence-corrected chi connectivity index (χ4v) is 5.11. The lowest BCUT2D eigenvalue weighted by Crippen LogP contribution is -2.38. The summed E-state index contributed by atoms with van der Waals surface area (Å²) in [6.45, 7) is 1.90. The third-order valence-corrected chi connectivity index (χ3v) is 6.21. The van der Waals surface area contributed by atoms with Gasteiger partial charge in [0.2, 0.25) is 0 Å². The second kappa shape index (κ2) is 6.38. The van der Waals surface area contributed by atoms with Crippen molar-refractivity contribution in [3.63, 3.8) is 0 Å². The first-order valence-electron chi connectivity index (χ1n) is 5.89. The van der Waals surface area contributed by atoms with E-state index in [9.17, 15) is 0 Å². The lowest BCUT2D eigenvalue weighted by molar-refractivity contribution is 0.0619. The molecule has 0 bridgehead atoms. The third-order valence-electron chi connectivity index (χ3n) is 3.27. The van der Waals surface area contributed by atoms with Gasteiger partial charge in [0.1, 0.15) is 0 Å². The molecule has 0 amide bonds. The van der Waals surface area contributed by atoms with Crippen LogP contribution in [-0.4, -0.2) is 41.8 Å². The van der Waals surface area contributed by atoms with Gasteiger partial charge in [-0.15, -0.1) is 0 Å². The molecular weight excluding hydrogens is 226 g/mol. The Morgan fingerprint density at radius 3 is 2.73 bits per heavy atom. The first-order chi connectivity index (χ1) is 7.36. The van der Waals surface area contributed by atoms with E-state index in [1.165, 1.54) is 36.5 Å². The van der Waals surface area contributed by atoms with Gasteiger partial charge in [0.15, 0.2) is 0 Å². The molecule has 4 heteroatoms. The summed E-state index contributed by atoms with van der Waals surface area (Å²) in [5.41, 5.74) is 6.30. The zero-order valence-electron chi connectivity index (χ0n) is 9.19. The van der Waals surface area contributed by atoms with E-state index < -0.39 is 0 Å². The van der Waals surface area contributed by atoms with E-state index in [4.69, 9.17) is 10.5 Å². The SMILES string of the molecule is NC(CC1CCOCC1)C1CSCCS1. The molecule has 0 aromatic carbocycles. The predicted molar refractivity (Wildman–Crippen MR) is 69.7 cm³/mol. The minimum atomic E-state index is 0.408. The van der Waals surface area contributed by atoms with Crippen LogP contribution in [0.4, 0.5) is 0 Å². The van der Waals surface area contributed by atoms with Gasteiger partial charge in [0, 0.05) is 41.8 Å². The minimum absolute atomic E-state index is 0.408. The maximum Gasteiger partial charge on any atom is 0.0468 e. The topological polar surface area (TPSA) is 35.2 Å². The first-order valence-corrected chi connectivity index (χ1v) is 8.09. The molecule has 2 fully saturated rings. The molecule has 2 unspecified atom stereocenters. The molecule has 0 aliphatic carbocycles. The molecule has 2 nitrogen and oxygen atoms in total. The van der Waals surface area contributed by atoms with Gasteiger partial charge >= 0.3 is 0 Å². The minimum Gasteiger partial charge on any atom is -0.381 e. The van der Waals surface area contributed by atoms with Crippen molar-refractivity contribution in [3.05, 3.63) is 0 Å². The maximum atomic E-state index is 6.30.